The number of imidazole rings is 1. The summed E-state index contributed by atoms with van der Waals surface area (Å²) in [5.74, 6) is 1.17. The lowest BCUT2D eigenvalue weighted by Gasteiger charge is -2.09. The Bertz CT molecular complexity index is 765. The molecule has 26 heavy (non-hydrogen) atoms. The maximum absolute atomic E-state index is 11.9. The molecule has 1 heterocycles. The van der Waals surface area contributed by atoms with Crippen molar-refractivity contribution in [3.8, 4) is 0 Å². The average molecular weight is 357 g/mol. The van der Waals surface area contributed by atoms with Crippen LogP contribution < -0.4 is 5.32 Å². The Morgan fingerprint density at radius 3 is 2.81 bits per heavy atom. The van der Waals surface area contributed by atoms with E-state index in [0.29, 0.717) is 6.61 Å². The first kappa shape index (κ1) is 18.4. The van der Waals surface area contributed by atoms with Gasteiger partial charge < -0.3 is 14.6 Å². The van der Waals surface area contributed by atoms with Crippen LogP contribution in [0.4, 0.5) is 0 Å². The molecule has 1 aromatic heterocycles. The number of fused-ring (bicyclic) bond motifs is 1. The summed E-state index contributed by atoms with van der Waals surface area (Å²) in [5.41, 5.74) is 1.87. The SMILES string of the molecule is CCOC(=O)Cn1c(CCCCCNC(=O)C2CC2)nc2ccccc21. The summed E-state index contributed by atoms with van der Waals surface area (Å²) in [6.45, 7) is 3.13. The Kier molecular flexibility index (Phi) is 6.26. The van der Waals surface area contributed by atoms with Crippen molar-refractivity contribution in [1.29, 1.82) is 0 Å². The van der Waals surface area contributed by atoms with E-state index in [4.69, 9.17) is 4.74 Å². The van der Waals surface area contributed by atoms with Crippen LogP contribution in [0.2, 0.25) is 0 Å². The number of esters is 1. The largest absolute Gasteiger partial charge is 0.465 e. The van der Waals surface area contributed by atoms with Crippen LogP contribution >= 0.6 is 0 Å². The number of ether oxygens (including phenoxy) is 1. The Balaban J connectivity index is 1.52. The number of carbonyl (C=O) groups excluding carboxylic acids is 2. The molecule has 0 spiro atoms. The molecule has 1 amide bonds. The first-order chi connectivity index (χ1) is 12.7. The van der Waals surface area contributed by atoms with Crippen molar-refractivity contribution in [2.24, 2.45) is 5.92 Å². The number of hydrogen-bond donors (Lipinski definition) is 1. The first-order valence-corrected chi connectivity index (χ1v) is 9.56. The lowest BCUT2D eigenvalue weighted by atomic mass is 10.2. The standard InChI is InChI=1S/C20H27N3O3/c1-2-26-19(24)14-23-17-9-6-5-8-16(17)22-18(23)10-4-3-7-13-21-20(25)15-11-12-15/h5-6,8-9,15H,2-4,7,10-14H2,1H3,(H,21,25). The van der Waals surface area contributed by atoms with Gasteiger partial charge >= 0.3 is 5.97 Å². The Hall–Kier alpha value is -2.37. The molecule has 0 saturated heterocycles. The summed E-state index contributed by atoms with van der Waals surface area (Å²) in [6, 6.07) is 7.86. The molecule has 0 unspecified atom stereocenters. The highest BCUT2D eigenvalue weighted by Crippen LogP contribution is 2.28. The molecule has 2 aromatic rings. The predicted octanol–water partition coefficient (Wildman–Crippen LogP) is 2.84. The van der Waals surface area contributed by atoms with E-state index in [9.17, 15) is 9.59 Å². The Morgan fingerprint density at radius 1 is 1.23 bits per heavy atom. The number of aromatic nitrogens is 2. The molecule has 1 aromatic carbocycles. The van der Waals surface area contributed by atoms with E-state index < -0.39 is 0 Å². The van der Waals surface area contributed by atoms with Crippen LogP contribution in [0.25, 0.3) is 11.0 Å². The molecule has 6 nitrogen and oxygen atoms in total. The highest BCUT2D eigenvalue weighted by Gasteiger charge is 2.28. The number of carbonyl (C=O) groups is 2. The normalized spacial score (nSPS) is 13.7. The number of hydrogen-bond acceptors (Lipinski definition) is 4. The number of unbranched alkanes of at least 4 members (excludes halogenated alkanes) is 2. The lowest BCUT2D eigenvalue weighted by molar-refractivity contribution is -0.143. The molecule has 0 aliphatic heterocycles. The van der Waals surface area contributed by atoms with Crippen LogP contribution in [0.1, 0.15) is 44.9 Å². The molecule has 1 fully saturated rings. The number of nitrogens with zero attached hydrogens (tertiary/aromatic N) is 2. The highest BCUT2D eigenvalue weighted by atomic mass is 16.5. The number of rotatable bonds is 10. The van der Waals surface area contributed by atoms with E-state index in [1.165, 1.54) is 0 Å². The van der Waals surface area contributed by atoms with Crippen molar-refractivity contribution in [2.75, 3.05) is 13.2 Å². The van der Waals surface area contributed by atoms with Crippen molar-refractivity contribution < 1.29 is 14.3 Å². The minimum atomic E-state index is -0.236. The monoisotopic (exact) mass is 357 g/mol. The van der Waals surface area contributed by atoms with Crippen LogP contribution in [0.15, 0.2) is 24.3 Å². The van der Waals surface area contributed by atoms with Gasteiger partial charge in [-0.2, -0.15) is 0 Å². The topological polar surface area (TPSA) is 73.2 Å². The van der Waals surface area contributed by atoms with Gasteiger partial charge in [0.2, 0.25) is 5.91 Å². The zero-order valence-corrected chi connectivity index (χ0v) is 15.4. The van der Waals surface area contributed by atoms with Gasteiger partial charge in [-0.15, -0.1) is 0 Å². The molecule has 1 aliphatic carbocycles. The molecular weight excluding hydrogens is 330 g/mol. The molecule has 140 valence electrons. The quantitative estimate of drug-likeness (QED) is 0.524. The van der Waals surface area contributed by atoms with Crippen LogP contribution in [0, 0.1) is 5.92 Å². The molecule has 3 rings (SSSR count). The van der Waals surface area contributed by atoms with Crippen molar-refractivity contribution in [1.82, 2.24) is 14.9 Å². The number of nitrogens with one attached hydrogen (secondary N) is 1. The molecule has 0 bridgehead atoms. The number of amides is 1. The summed E-state index contributed by atoms with van der Waals surface area (Å²) >= 11 is 0. The second kappa shape index (κ2) is 8.83. The molecule has 1 N–H and O–H groups in total. The van der Waals surface area contributed by atoms with E-state index in [0.717, 1.165) is 61.9 Å². The summed E-state index contributed by atoms with van der Waals surface area (Å²) < 4.78 is 7.06. The van der Waals surface area contributed by atoms with Crippen LogP contribution in [-0.2, 0) is 27.3 Å². The maximum Gasteiger partial charge on any atom is 0.326 e. The van der Waals surface area contributed by atoms with Gasteiger partial charge in [-0.25, -0.2) is 4.98 Å². The lowest BCUT2D eigenvalue weighted by Crippen LogP contribution is -2.25. The minimum Gasteiger partial charge on any atom is -0.465 e. The van der Waals surface area contributed by atoms with Crippen molar-refractivity contribution in [2.45, 2.75) is 52.0 Å². The van der Waals surface area contributed by atoms with Crippen molar-refractivity contribution in [3.05, 3.63) is 30.1 Å². The fourth-order valence-corrected chi connectivity index (χ4v) is 3.11. The fourth-order valence-electron chi connectivity index (χ4n) is 3.11. The molecular formula is C20H27N3O3. The molecule has 1 saturated carbocycles. The van der Waals surface area contributed by atoms with Gasteiger partial charge in [-0.05, 0) is 44.7 Å². The summed E-state index contributed by atoms with van der Waals surface area (Å²) in [7, 11) is 0. The van der Waals surface area contributed by atoms with Crippen molar-refractivity contribution >= 4 is 22.9 Å². The number of para-hydroxylation sites is 2. The van der Waals surface area contributed by atoms with Gasteiger partial charge in [0.15, 0.2) is 0 Å². The van der Waals surface area contributed by atoms with Crippen LogP contribution in [0.5, 0.6) is 0 Å². The summed E-state index contributed by atoms with van der Waals surface area (Å²) in [4.78, 5) is 28.2. The maximum atomic E-state index is 11.9. The number of aryl methyl sites for hydroxylation is 1. The molecule has 1 aliphatic rings. The van der Waals surface area contributed by atoms with Gasteiger partial charge in [0.25, 0.3) is 0 Å². The van der Waals surface area contributed by atoms with Gasteiger partial charge in [0.05, 0.1) is 17.6 Å². The summed E-state index contributed by atoms with van der Waals surface area (Å²) in [6.07, 6.45) is 5.87. The predicted molar refractivity (Wildman–Crippen MR) is 99.7 cm³/mol. The molecule has 6 heteroatoms. The first-order valence-electron chi connectivity index (χ1n) is 9.56. The fraction of sp³-hybridized carbons (Fsp3) is 0.550. The molecule has 0 atom stereocenters. The average Bonchev–Trinajstić information content (AvgIpc) is 3.43. The van der Waals surface area contributed by atoms with E-state index in [-0.39, 0.29) is 24.3 Å². The van der Waals surface area contributed by atoms with Crippen LogP contribution in [0.3, 0.4) is 0 Å². The second-order valence-electron chi connectivity index (χ2n) is 6.78. The second-order valence-corrected chi connectivity index (χ2v) is 6.78. The third-order valence-corrected chi connectivity index (χ3v) is 4.65. The Labute approximate surface area is 153 Å². The third kappa shape index (κ3) is 4.84. The van der Waals surface area contributed by atoms with Gasteiger partial charge in [0, 0.05) is 18.9 Å². The van der Waals surface area contributed by atoms with E-state index in [2.05, 4.69) is 10.3 Å². The minimum absolute atomic E-state index is 0.196. The zero-order chi connectivity index (χ0) is 18.4. The van der Waals surface area contributed by atoms with E-state index in [1.807, 2.05) is 35.8 Å². The van der Waals surface area contributed by atoms with E-state index >= 15 is 0 Å². The zero-order valence-electron chi connectivity index (χ0n) is 15.4. The third-order valence-electron chi connectivity index (χ3n) is 4.65. The van der Waals surface area contributed by atoms with Crippen LogP contribution in [-0.4, -0.2) is 34.6 Å². The van der Waals surface area contributed by atoms with Crippen molar-refractivity contribution in [3.63, 3.8) is 0 Å². The summed E-state index contributed by atoms with van der Waals surface area (Å²) in [5, 5.41) is 3.00. The van der Waals surface area contributed by atoms with Gasteiger partial charge in [0.1, 0.15) is 12.4 Å². The Morgan fingerprint density at radius 2 is 2.04 bits per heavy atom. The smallest absolute Gasteiger partial charge is 0.326 e. The van der Waals surface area contributed by atoms with Gasteiger partial charge in [-0.3, -0.25) is 9.59 Å². The number of benzene rings is 1. The molecule has 0 radical (unpaired) electrons. The highest BCUT2D eigenvalue weighted by molar-refractivity contribution is 5.80. The van der Waals surface area contributed by atoms with E-state index in [1.54, 1.807) is 0 Å². The van der Waals surface area contributed by atoms with Gasteiger partial charge in [-0.1, -0.05) is 18.6 Å².